The molecule has 0 spiro atoms. The number of benzene rings is 3. The van der Waals surface area contributed by atoms with Crippen molar-refractivity contribution in [1.82, 2.24) is 9.13 Å². The largest absolute Gasteiger partial charge is 1.00 e. The SMILES string of the molecule is C[n+]1cn(Cc2ccccc2Cn2c[n+](C)c3ccccc32)c2ccccc21.[I-].[I-]. The van der Waals surface area contributed by atoms with Gasteiger partial charge in [0.2, 0.25) is 12.7 Å². The lowest BCUT2D eigenvalue weighted by Crippen LogP contribution is -3.00. The summed E-state index contributed by atoms with van der Waals surface area (Å²) in [6, 6.07) is 25.9. The van der Waals surface area contributed by atoms with Crippen molar-refractivity contribution in [2.24, 2.45) is 14.1 Å². The van der Waals surface area contributed by atoms with Crippen molar-refractivity contribution in [1.29, 1.82) is 0 Å². The van der Waals surface area contributed by atoms with Gasteiger partial charge in [-0.1, -0.05) is 48.5 Å². The molecule has 4 nitrogen and oxygen atoms in total. The van der Waals surface area contributed by atoms with Gasteiger partial charge in [0.1, 0.15) is 13.1 Å². The van der Waals surface area contributed by atoms with E-state index < -0.39 is 0 Å². The van der Waals surface area contributed by atoms with Crippen LogP contribution in [0, 0.1) is 0 Å². The van der Waals surface area contributed by atoms with Gasteiger partial charge in [0.05, 0.1) is 14.1 Å². The summed E-state index contributed by atoms with van der Waals surface area (Å²) in [4.78, 5) is 0. The van der Waals surface area contributed by atoms with Crippen LogP contribution < -0.4 is 57.1 Å². The van der Waals surface area contributed by atoms with Crippen molar-refractivity contribution in [2.75, 3.05) is 0 Å². The monoisotopic (exact) mass is 622 g/mol. The summed E-state index contributed by atoms with van der Waals surface area (Å²) in [5, 5.41) is 0. The highest BCUT2D eigenvalue weighted by molar-refractivity contribution is 5.72. The molecule has 3 aromatic carbocycles. The number of halogens is 2. The third-order valence-corrected chi connectivity index (χ3v) is 5.57. The van der Waals surface area contributed by atoms with Crippen molar-refractivity contribution in [3.8, 4) is 0 Å². The predicted molar refractivity (Wildman–Crippen MR) is 111 cm³/mol. The highest BCUT2D eigenvalue weighted by Crippen LogP contribution is 2.18. The molecule has 5 aromatic rings. The highest BCUT2D eigenvalue weighted by atomic mass is 127. The summed E-state index contributed by atoms with van der Waals surface area (Å²) in [6.45, 7) is 1.73. The number of aryl methyl sites for hydroxylation is 2. The number of hydrogen-bond donors (Lipinski definition) is 0. The summed E-state index contributed by atoms with van der Waals surface area (Å²) in [6.07, 6.45) is 4.37. The zero-order valence-corrected chi connectivity index (χ0v) is 21.4. The number of fused-ring (bicyclic) bond motifs is 2. The van der Waals surface area contributed by atoms with E-state index >= 15 is 0 Å². The standard InChI is InChI=1S/C24H24N4.2HI/c1-25-17-27(23-13-7-5-11-21(23)25)15-19-9-3-4-10-20(19)16-28-18-26(2)22-12-6-8-14-24(22)28;;/h3-14,17-18H,15-16H2,1-2H3;2*1H/q+2;;/p-2. The Bertz CT molecular complexity index is 1200. The molecule has 0 radical (unpaired) electrons. The van der Waals surface area contributed by atoms with Gasteiger partial charge < -0.3 is 48.0 Å². The Morgan fingerprint density at radius 3 is 1.37 bits per heavy atom. The zero-order valence-electron chi connectivity index (χ0n) is 17.0. The van der Waals surface area contributed by atoms with Crippen molar-refractivity contribution >= 4 is 22.1 Å². The fourth-order valence-corrected chi connectivity index (χ4v) is 4.16. The van der Waals surface area contributed by atoms with E-state index in [1.165, 1.54) is 33.2 Å². The molecule has 0 atom stereocenters. The van der Waals surface area contributed by atoms with E-state index in [0.717, 1.165) is 13.1 Å². The normalized spacial score (nSPS) is 10.7. The molecule has 0 fully saturated rings. The van der Waals surface area contributed by atoms with Crippen LogP contribution in [0.2, 0.25) is 0 Å². The molecule has 30 heavy (non-hydrogen) atoms. The minimum Gasteiger partial charge on any atom is -1.00 e. The van der Waals surface area contributed by atoms with E-state index in [4.69, 9.17) is 0 Å². The first kappa shape index (κ1) is 22.7. The average molecular weight is 622 g/mol. The van der Waals surface area contributed by atoms with Crippen LogP contribution in [0.4, 0.5) is 0 Å². The quantitative estimate of drug-likeness (QED) is 0.154. The maximum absolute atomic E-state index is 2.34. The third kappa shape index (κ3) is 4.12. The van der Waals surface area contributed by atoms with E-state index in [1.807, 2.05) is 0 Å². The first-order chi connectivity index (χ1) is 13.7. The first-order valence-corrected chi connectivity index (χ1v) is 9.64. The summed E-state index contributed by atoms with van der Waals surface area (Å²) < 4.78 is 9.05. The number of hydrogen-bond acceptors (Lipinski definition) is 0. The van der Waals surface area contributed by atoms with E-state index in [2.05, 4.69) is 118 Å². The number of aromatic nitrogens is 4. The van der Waals surface area contributed by atoms with Gasteiger partial charge >= 0.3 is 0 Å². The summed E-state index contributed by atoms with van der Waals surface area (Å²) in [7, 11) is 4.22. The molecular weight excluding hydrogens is 598 g/mol. The molecule has 0 aliphatic heterocycles. The van der Waals surface area contributed by atoms with Crippen molar-refractivity contribution < 1.29 is 57.1 Å². The van der Waals surface area contributed by atoms with Crippen LogP contribution in [0.5, 0.6) is 0 Å². The number of para-hydroxylation sites is 4. The molecule has 0 N–H and O–H groups in total. The second-order valence-electron chi connectivity index (χ2n) is 7.45. The van der Waals surface area contributed by atoms with Gasteiger partial charge in [0.25, 0.3) is 0 Å². The minimum absolute atomic E-state index is 0. The van der Waals surface area contributed by atoms with Crippen LogP contribution in [0.3, 0.4) is 0 Å². The molecule has 5 rings (SSSR count). The molecule has 0 saturated heterocycles. The van der Waals surface area contributed by atoms with E-state index in [-0.39, 0.29) is 48.0 Å². The topological polar surface area (TPSA) is 17.6 Å². The second kappa shape index (κ2) is 9.47. The van der Waals surface area contributed by atoms with Gasteiger partial charge in [-0.15, -0.1) is 0 Å². The summed E-state index contributed by atoms with van der Waals surface area (Å²) >= 11 is 0. The maximum Gasteiger partial charge on any atom is 0.244 e. The lowest BCUT2D eigenvalue weighted by Gasteiger charge is -2.07. The lowest BCUT2D eigenvalue weighted by atomic mass is 10.1. The van der Waals surface area contributed by atoms with E-state index in [1.54, 1.807) is 0 Å². The van der Waals surface area contributed by atoms with Crippen LogP contribution in [-0.4, -0.2) is 9.13 Å². The third-order valence-electron chi connectivity index (χ3n) is 5.57. The van der Waals surface area contributed by atoms with Gasteiger partial charge in [0, 0.05) is 11.1 Å². The molecule has 2 heterocycles. The fourth-order valence-electron chi connectivity index (χ4n) is 4.16. The maximum atomic E-state index is 2.34. The van der Waals surface area contributed by atoms with E-state index in [9.17, 15) is 0 Å². The van der Waals surface area contributed by atoms with Crippen molar-refractivity contribution in [3.63, 3.8) is 0 Å². The van der Waals surface area contributed by atoms with Crippen molar-refractivity contribution in [3.05, 3.63) is 96.6 Å². The van der Waals surface area contributed by atoms with Crippen LogP contribution in [0.15, 0.2) is 85.5 Å². The first-order valence-electron chi connectivity index (χ1n) is 9.64. The van der Waals surface area contributed by atoms with Gasteiger partial charge in [-0.3, -0.25) is 0 Å². The van der Waals surface area contributed by atoms with Crippen LogP contribution in [0.25, 0.3) is 22.1 Å². The molecule has 0 aliphatic carbocycles. The Balaban J connectivity index is 0.00000128. The predicted octanol–water partition coefficient (Wildman–Crippen LogP) is -2.65. The molecule has 154 valence electrons. The fraction of sp³-hybridized carbons (Fsp3) is 0.167. The summed E-state index contributed by atoms with van der Waals surface area (Å²) in [5.41, 5.74) is 7.73. The number of imidazole rings is 2. The van der Waals surface area contributed by atoms with E-state index in [0.29, 0.717) is 0 Å². The molecule has 0 bridgehead atoms. The molecular formula is C24H24I2N4. The van der Waals surface area contributed by atoms with Gasteiger partial charge in [-0.25, -0.2) is 18.3 Å². The number of rotatable bonds is 4. The Morgan fingerprint density at radius 1 is 0.567 bits per heavy atom. The van der Waals surface area contributed by atoms with Gasteiger partial charge in [-0.05, 0) is 24.3 Å². The Morgan fingerprint density at radius 2 is 0.933 bits per heavy atom. The summed E-state index contributed by atoms with van der Waals surface area (Å²) in [5.74, 6) is 0. The Kier molecular flexibility index (Phi) is 7.18. The smallest absolute Gasteiger partial charge is 0.244 e. The number of nitrogens with zero attached hydrogens (tertiary/aromatic N) is 4. The van der Waals surface area contributed by atoms with Gasteiger partial charge in [0.15, 0.2) is 22.1 Å². The minimum atomic E-state index is 0. The highest BCUT2D eigenvalue weighted by Gasteiger charge is 2.17. The lowest BCUT2D eigenvalue weighted by molar-refractivity contribution is -0.645. The van der Waals surface area contributed by atoms with Crippen LogP contribution in [-0.2, 0) is 27.2 Å². The van der Waals surface area contributed by atoms with Crippen LogP contribution in [0.1, 0.15) is 11.1 Å². The Labute approximate surface area is 210 Å². The second-order valence-corrected chi connectivity index (χ2v) is 7.45. The Hall–Kier alpha value is -1.94. The molecule has 6 heteroatoms. The molecule has 0 amide bonds. The van der Waals surface area contributed by atoms with Crippen LogP contribution >= 0.6 is 0 Å². The molecule has 0 aliphatic rings. The zero-order chi connectivity index (χ0) is 19.1. The van der Waals surface area contributed by atoms with Crippen molar-refractivity contribution in [2.45, 2.75) is 13.1 Å². The van der Waals surface area contributed by atoms with Gasteiger partial charge in [-0.2, -0.15) is 0 Å². The molecule has 0 unspecified atom stereocenters. The average Bonchev–Trinajstić information content (AvgIpc) is 3.21. The molecule has 0 saturated carbocycles. The molecule has 2 aromatic heterocycles.